The maximum absolute atomic E-state index is 5.33. The molecule has 54 valence electrons. The van der Waals surface area contributed by atoms with Crippen molar-refractivity contribution >= 4 is 11.8 Å². The highest BCUT2D eigenvalue weighted by Gasteiger charge is 2.19. The Morgan fingerprint density at radius 2 is 2.44 bits per heavy atom. The smallest absolute Gasteiger partial charge is 0.0327 e. The molecule has 2 nitrogen and oxygen atoms in total. The Morgan fingerprint density at radius 1 is 1.67 bits per heavy atom. The summed E-state index contributed by atoms with van der Waals surface area (Å²) in [6.45, 7) is 2.23. The average Bonchev–Trinajstić information content (AvgIpc) is 1.89. The Balaban J connectivity index is 2.30. The third kappa shape index (κ3) is 1.85. The topological polar surface area (TPSA) is 38.0 Å². The number of nitrogens with two attached hydrogens (primary N) is 1. The molecule has 2 atom stereocenters. The molecule has 1 aliphatic heterocycles. The first-order chi connectivity index (χ1) is 4.34. The van der Waals surface area contributed by atoms with Gasteiger partial charge in [-0.2, -0.15) is 11.8 Å². The van der Waals surface area contributed by atoms with E-state index in [1.54, 1.807) is 0 Å². The average molecular weight is 146 g/mol. The van der Waals surface area contributed by atoms with Crippen molar-refractivity contribution in [2.24, 2.45) is 5.84 Å². The zero-order valence-electron chi connectivity index (χ0n) is 5.76. The second-order valence-corrected chi connectivity index (χ2v) is 3.98. The summed E-state index contributed by atoms with van der Waals surface area (Å²) in [5.41, 5.74) is 2.83. The summed E-state index contributed by atoms with van der Waals surface area (Å²) < 4.78 is 0. The molecule has 0 amide bonds. The molecule has 0 saturated carbocycles. The summed E-state index contributed by atoms with van der Waals surface area (Å²) >= 11 is 2.01. The zero-order chi connectivity index (χ0) is 6.69. The SMILES string of the molecule is CC1SCCCC1NN. The lowest BCUT2D eigenvalue weighted by molar-refractivity contribution is 0.475. The van der Waals surface area contributed by atoms with Gasteiger partial charge in [0.25, 0.3) is 0 Å². The van der Waals surface area contributed by atoms with Crippen LogP contribution in [0.3, 0.4) is 0 Å². The highest BCUT2D eigenvalue weighted by Crippen LogP contribution is 2.24. The van der Waals surface area contributed by atoms with Crippen LogP contribution in [0.15, 0.2) is 0 Å². The Hall–Kier alpha value is 0.270. The molecule has 1 fully saturated rings. The Bertz CT molecular complexity index is 87.1. The molecule has 0 radical (unpaired) electrons. The fraction of sp³-hybridized carbons (Fsp3) is 1.00. The number of thioether (sulfide) groups is 1. The summed E-state index contributed by atoms with van der Waals surface area (Å²) in [5, 5.41) is 0.698. The molecule has 1 rings (SSSR count). The first-order valence-corrected chi connectivity index (χ1v) is 4.47. The van der Waals surface area contributed by atoms with E-state index in [4.69, 9.17) is 5.84 Å². The lowest BCUT2D eigenvalue weighted by Gasteiger charge is -2.27. The second kappa shape index (κ2) is 3.44. The van der Waals surface area contributed by atoms with Gasteiger partial charge >= 0.3 is 0 Å². The molecule has 0 bridgehead atoms. The van der Waals surface area contributed by atoms with Crippen LogP contribution in [-0.2, 0) is 0 Å². The second-order valence-electron chi connectivity index (χ2n) is 2.49. The van der Waals surface area contributed by atoms with Crippen LogP contribution in [-0.4, -0.2) is 17.0 Å². The predicted octanol–water partition coefficient (Wildman–Crippen LogP) is 0.734. The molecule has 0 aromatic rings. The third-order valence-corrected chi connectivity index (χ3v) is 3.20. The molecular formula is C6H14N2S. The van der Waals surface area contributed by atoms with Gasteiger partial charge in [0.2, 0.25) is 0 Å². The van der Waals surface area contributed by atoms with Gasteiger partial charge in [-0.1, -0.05) is 6.92 Å². The molecule has 3 N–H and O–H groups in total. The fourth-order valence-corrected chi connectivity index (χ4v) is 2.29. The number of hydrogen-bond donors (Lipinski definition) is 2. The highest BCUT2D eigenvalue weighted by atomic mass is 32.2. The van der Waals surface area contributed by atoms with Crippen molar-refractivity contribution in [1.29, 1.82) is 0 Å². The Morgan fingerprint density at radius 3 is 2.89 bits per heavy atom. The van der Waals surface area contributed by atoms with Crippen molar-refractivity contribution in [3.05, 3.63) is 0 Å². The maximum atomic E-state index is 5.33. The van der Waals surface area contributed by atoms with E-state index < -0.39 is 0 Å². The van der Waals surface area contributed by atoms with Crippen molar-refractivity contribution in [2.45, 2.75) is 31.1 Å². The van der Waals surface area contributed by atoms with Gasteiger partial charge in [0.15, 0.2) is 0 Å². The van der Waals surface area contributed by atoms with Gasteiger partial charge in [-0.05, 0) is 18.6 Å². The lowest BCUT2D eigenvalue weighted by atomic mass is 10.1. The van der Waals surface area contributed by atoms with Crippen molar-refractivity contribution < 1.29 is 0 Å². The summed E-state index contributed by atoms with van der Waals surface area (Å²) in [4.78, 5) is 0. The predicted molar refractivity (Wildman–Crippen MR) is 42.3 cm³/mol. The van der Waals surface area contributed by atoms with Crippen LogP contribution < -0.4 is 11.3 Å². The van der Waals surface area contributed by atoms with Crippen LogP contribution in [0.1, 0.15) is 19.8 Å². The summed E-state index contributed by atoms with van der Waals surface area (Å²) in [6, 6.07) is 0.545. The van der Waals surface area contributed by atoms with Gasteiger partial charge in [0.05, 0.1) is 0 Å². The van der Waals surface area contributed by atoms with Crippen LogP contribution in [0.2, 0.25) is 0 Å². The summed E-state index contributed by atoms with van der Waals surface area (Å²) in [5.74, 6) is 6.64. The van der Waals surface area contributed by atoms with Crippen LogP contribution in [0.4, 0.5) is 0 Å². The summed E-state index contributed by atoms with van der Waals surface area (Å²) in [7, 11) is 0. The summed E-state index contributed by atoms with van der Waals surface area (Å²) in [6.07, 6.45) is 2.55. The van der Waals surface area contributed by atoms with E-state index in [9.17, 15) is 0 Å². The molecule has 0 aromatic carbocycles. The van der Waals surface area contributed by atoms with E-state index >= 15 is 0 Å². The minimum absolute atomic E-state index is 0.545. The molecular weight excluding hydrogens is 132 g/mol. The van der Waals surface area contributed by atoms with E-state index in [-0.39, 0.29) is 0 Å². The standard InChI is InChI=1S/C6H14N2S/c1-5-6(8-7)3-2-4-9-5/h5-6,8H,2-4,7H2,1H3. The minimum Gasteiger partial charge on any atom is -0.271 e. The molecule has 0 aromatic heterocycles. The molecule has 0 aliphatic carbocycles. The van der Waals surface area contributed by atoms with Gasteiger partial charge in [0.1, 0.15) is 0 Å². The van der Waals surface area contributed by atoms with Crippen molar-refractivity contribution in [2.75, 3.05) is 5.75 Å². The van der Waals surface area contributed by atoms with Gasteiger partial charge < -0.3 is 0 Å². The van der Waals surface area contributed by atoms with Gasteiger partial charge in [-0.15, -0.1) is 0 Å². The molecule has 1 aliphatic rings. The zero-order valence-corrected chi connectivity index (χ0v) is 6.58. The van der Waals surface area contributed by atoms with Crippen LogP contribution >= 0.6 is 11.8 Å². The molecule has 3 heteroatoms. The minimum atomic E-state index is 0.545. The molecule has 1 saturated heterocycles. The van der Waals surface area contributed by atoms with E-state index in [2.05, 4.69) is 12.3 Å². The first kappa shape index (κ1) is 7.38. The quantitative estimate of drug-likeness (QED) is 0.423. The van der Waals surface area contributed by atoms with Crippen molar-refractivity contribution in [1.82, 2.24) is 5.43 Å². The van der Waals surface area contributed by atoms with Gasteiger partial charge in [0, 0.05) is 11.3 Å². The number of nitrogens with one attached hydrogen (secondary N) is 1. The number of hydrogen-bond acceptors (Lipinski definition) is 3. The van der Waals surface area contributed by atoms with Crippen LogP contribution in [0, 0.1) is 0 Å². The molecule has 0 spiro atoms. The lowest BCUT2D eigenvalue weighted by Crippen LogP contribution is -2.43. The molecule has 1 heterocycles. The normalized spacial score (nSPS) is 36.7. The van der Waals surface area contributed by atoms with Gasteiger partial charge in [-0.3, -0.25) is 11.3 Å². The number of rotatable bonds is 1. The Kier molecular flexibility index (Phi) is 2.82. The van der Waals surface area contributed by atoms with E-state index in [0.29, 0.717) is 11.3 Å². The van der Waals surface area contributed by atoms with E-state index in [0.717, 1.165) is 0 Å². The van der Waals surface area contributed by atoms with E-state index in [1.807, 2.05) is 11.8 Å². The largest absolute Gasteiger partial charge is 0.271 e. The van der Waals surface area contributed by atoms with Crippen LogP contribution in [0.25, 0.3) is 0 Å². The third-order valence-electron chi connectivity index (χ3n) is 1.82. The Labute approximate surface area is 60.5 Å². The molecule has 2 unspecified atom stereocenters. The van der Waals surface area contributed by atoms with E-state index in [1.165, 1.54) is 18.6 Å². The first-order valence-electron chi connectivity index (χ1n) is 3.42. The van der Waals surface area contributed by atoms with Crippen molar-refractivity contribution in [3.63, 3.8) is 0 Å². The monoisotopic (exact) mass is 146 g/mol. The van der Waals surface area contributed by atoms with Gasteiger partial charge in [-0.25, -0.2) is 0 Å². The highest BCUT2D eigenvalue weighted by molar-refractivity contribution is 7.99. The maximum Gasteiger partial charge on any atom is 0.0327 e. The fourth-order valence-electron chi connectivity index (χ4n) is 1.14. The van der Waals surface area contributed by atoms with Crippen molar-refractivity contribution in [3.8, 4) is 0 Å². The van der Waals surface area contributed by atoms with Crippen LogP contribution in [0.5, 0.6) is 0 Å². The molecule has 9 heavy (non-hydrogen) atoms. The number of hydrazine groups is 1.